The Morgan fingerprint density at radius 2 is 1.94 bits per heavy atom. The van der Waals surface area contributed by atoms with Gasteiger partial charge in [-0.05, 0) is 76.0 Å². The van der Waals surface area contributed by atoms with Crippen LogP contribution in [0.5, 0.6) is 0 Å². The number of hydrogen-bond donors (Lipinski definition) is 2. The Morgan fingerprint density at radius 1 is 1.23 bits per heavy atom. The van der Waals surface area contributed by atoms with Crippen LogP contribution in [0.2, 0.25) is 0 Å². The van der Waals surface area contributed by atoms with Crippen molar-refractivity contribution in [1.82, 2.24) is 5.32 Å². The molecule has 2 aromatic rings. The van der Waals surface area contributed by atoms with Crippen molar-refractivity contribution in [3.05, 3.63) is 29.5 Å². The zero-order chi connectivity index (χ0) is 22.0. The molecule has 0 bridgehead atoms. The molecule has 31 heavy (non-hydrogen) atoms. The molecular weight excluding hydrogens is 409 g/mol. The van der Waals surface area contributed by atoms with Crippen molar-refractivity contribution in [3.63, 3.8) is 0 Å². The Kier molecular flexibility index (Phi) is 4.59. The third-order valence-corrected chi connectivity index (χ3v) is 7.23. The van der Waals surface area contributed by atoms with E-state index in [0.29, 0.717) is 35.7 Å². The number of aliphatic hydroxyl groups is 1. The van der Waals surface area contributed by atoms with E-state index in [2.05, 4.69) is 10.2 Å². The van der Waals surface area contributed by atoms with E-state index in [9.17, 15) is 23.1 Å². The van der Waals surface area contributed by atoms with Crippen LogP contribution in [0.25, 0.3) is 11.0 Å². The molecule has 0 unspecified atom stereocenters. The fourth-order valence-corrected chi connectivity index (χ4v) is 5.06. The maximum absolute atomic E-state index is 13.4. The van der Waals surface area contributed by atoms with Gasteiger partial charge >= 0.3 is 6.18 Å². The van der Waals surface area contributed by atoms with Crippen LogP contribution in [0.1, 0.15) is 68.0 Å². The van der Waals surface area contributed by atoms with Gasteiger partial charge in [-0.1, -0.05) is 0 Å². The summed E-state index contributed by atoms with van der Waals surface area (Å²) in [6.45, 7) is 3.08. The molecule has 8 heteroatoms. The normalized spacial score (nSPS) is 27.8. The lowest BCUT2D eigenvalue weighted by molar-refractivity contribution is -0.137. The molecule has 5 rings (SSSR count). The average Bonchev–Trinajstić information content (AvgIpc) is 3.35. The maximum atomic E-state index is 13.4. The highest BCUT2D eigenvalue weighted by molar-refractivity contribution is 6.08. The van der Waals surface area contributed by atoms with Gasteiger partial charge in [0, 0.05) is 18.5 Å². The topological polar surface area (TPSA) is 65.7 Å². The van der Waals surface area contributed by atoms with Crippen LogP contribution in [0.3, 0.4) is 0 Å². The summed E-state index contributed by atoms with van der Waals surface area (Å²) in [6, 6.07) is 3.39. The lowest BCUT2D eigenvalue weighted by atomic mass is 9.78. The van der Waals surface area contributed by atoms with Gasteiger partial charge in [0.15, 0.2) is 0 Å². The summed E-state index contributed by atoms with van der Waals surface area (Å²) in [5.74, 6) is 0.202. The van der Waals surface area contributed by atoms with E-state index in [-0.39, 0.29) is 17.2 Å². The highest BCUT2D eigenvalue weighted by atomic mass is 19.4. The number of nitrogens with zero attached hydrogens (tertiary/aromatic N) is 1. The number of alkyl halides is 3. The van der Waals surface area contributed by atoms with Crippen molar-refractivity contribution in [2.75, 3.05) is 18.0 Å². The van der Waals surface area contributed by atoms with Crippen LogP contribution in [0.4, 0.5) is 18.9 Å². The molecule has 2 fully saturated rings. The summed E-state index contributed by atoms with van der Waals surface area (Å²) in [5.41, 5.74) is -0.897. The predicted molar refractivity (Wildman–Crippen MR) is 110 cm³/mol. The van der Waals surface area contributed by atoms with Gasteiger partial charge in [-0.3, -0.25) is 4.79 Å². The molecule has 1 amide bonds. The van der Waals surface area contributed by atoms with Crippen molar-refractivity contribution < 1.29 is 27.5 Å². The maximum Gasteiger partial charge on any atom is 0.416 e. The Bertz CT molecular complexity index is 1010. The van der Waals surface area contributed by atoms with Gasteiger partial charge in [-0.2, -0.15) is 13.2 Å². The third kappa shape index (κ3) is 3.90. The fraction of sp³-hybridized carbons (Fsp3) is 0.609. The van der Waals surface area contributed by atoms with Crippen molar-refractivity contribution in [2.45, 2.75) is 69.2 Å². The van der Waals surface area contributed by atoms with E-state index in [1.54, 1.807) is 0 Å². The summed E-state index contributed by atoms with van der Waals surface area (Å²) in [6.07, 6.45) is 1.50. The van der Waals surface area contributed by atoms with E-state index < -0.39 is 17.3 Å². The van der Waals surface area contributed by atoms with Crippen LogP contribution >= 0.6 is 0 Å². The molecule has 3 aliphatic rings. The summed E-state index contributed by atoms with van der Waals surface area (Å²) in [7, 11) is 0. The van der Waals surface area contributed by atoms with E-state index in [1.807, 2.05) is 6.92 Å². The Labute approximate surface area is 178 Å². The number of amides is 1. The standard InChI is InChI=1S/C23H27F3N2O3/c1-21(30)7-4-14(5-8-21)6-11-28-13-22(9-10-22)27-20(29)19-18(28)16-12-15(23(24,25)26)2-3-17(16)31-19/h2-3,12,14,30H,4-11,13H2,1H3,(H,27,29). The van der Waals surface area contributed by atoms with Crippen LogP contribution in [-0.2, 0) is 6.18 Å². The lowest BCUT2D eigenvalue weighted by Gasteiger charge is -2.34. The Hall–Kier alpha value is -2.22. The van der Waals surface area contributed by atoms with Gasteiger partial charge in [0.2, 0.25) is 5.76 Å². The first-order chi connectivity index (χ1) is 14.6. The first-order valence-electron chi connectivity index (χ1n) is 11.0. The summed E-state index contributed by atoms with van der Waals surface area (Å²) >= 11 is 0. The van der Waals surface area contributed by atoms with Crippen LogP contribution in [0.15, 0.2) is 22.6 Å². The molecule has 2 heterocycles. The van der Waals surface area contributed by atoms with Gasteiger partial charge in [0.05, 0.1) is 22.4 Å². The second-order valence-electron chi connectivity index (χ2n) is 9.87. The number of anilines is 1. The second-order valence-corrected chi connectivity index (χ2v) is 9.87. The molecule has 2 N–H and O–H groups in total. The van der Waals surface area contributed by atoms with Gasteiger partial charge in [0.1, 0.15) is 5.58 Å². The highest BCUT2D eigenvalue weighted by Crippen LogP contribution is 2.45. The van der Waals surface area contributed by atoms with E-state index in [1.165, 1.54) is 6.07 Å². The number of furan rings is 1. The summed E-state index contributed by atoms with van der Waals surface area (Å²) < 4.78 is 45.8. The third-order valence-electron chi connectivity index (χ3n) is 7.23. The zero-order valence-electron chi connectivity index (χ0n) is 17.5. The molecule has 1 aliphatic heterocycles. The number of hydrogen-bond acceptors (Lipinski definition) is 4. The van der Waals surface area contributed by atoms with Gasteiger partial charge in [-0.15, -0.1) is 0 Å². The number of carbonyl (C=O) groups excluding carboxylic acids is 1. The first-order valence-corrected chi connectivity index (χ1v) is 11.0. The van der Waals surface area contributed by atoms with Gasteiger partial charge in [-0.25, -0.2) is 0 Å². The van der Waals surface area contributed by atoms with Crippen molar-refractivity contribution >= 4 is 22.6 Å². The average molecular weight is 436 g/mol. The number of rotatable bonds is 3. The summed E-state index contributed by atoms with van der Waals surface area (Å²) in [4.78, 5) is 14.9. The molecule has 0 saturated heterocycles. The molecule has 168 valence electrons. The van der Waals surface area contributed by atoms with Crippen molar-refractivity contribution in [3.8, 4) is 0 Å². The molecular formula is C23H27F3N2O3. The van der Waals surface area contributed by atoms with Crippen molar-refractivity contribution in [1.29, 1.82) is 0 Å². The molecule has 0 radical (unpaired) electrons. The number of nitrogens with one attached hydrogen (secondary N) is 1. The SMILES string of the molecule is CC1(O)CCC(CCN2CC3(CC3)NC(=O)c3oc4ccc(C(F)(F)F)cc4c32)CC1. The van der Waals surface area contributed by atoms with Crippen molar-refractivity contribution in [2.24, 2.45) is 5.92 Å². The van der Waals surface area contributed by atoms with Crippen LogP contribution < -0.4 is 10.2 Å². The Balaban J connectivity index is 1.48. The predicted octanol–water partition coefficient (Wildman–Crippen LogP) is 4.87. The molecule has 0 atom stereocenters. The fourth-order valence-electron chi connectivity index (χ4n) is 5.06. The minimum Gasteiger partial charge on any atom is -0.449 e. The molecule has 1 aromatic heterocycles. The van der Waals surface area contributed by atoms with E-state index in [4.69, 9.17) is 4.42 Å². The molecule has 1 aromatic carbocycles. The number of halogens is 3. The number of fused-ring (bicyclic) bond motifs is 3. The molecule has 1 spiro atoms. The summed E-state index contributed by atoms with van der Waals surface area (Å²) in [5, 5.41) is 13.6. The molecule has 2 saturated carbocycles. The highest BCUT2D eigenvalue weighted by Gasteiger charge is 2.49. The monoisotopic (exact) mass is 436 g/mol. The van der Waals surface area contributed by atoms with E-state index >= 15 is 0 Å². The van der Waals surface area contributed by atoms with Crippen LogP contribution in [-0.4, -0.2) is 35.2 Å². The minimum atomic E-state index is -4.47. The quantitative estimate of drug-likeness (QED) is 0.721. The molecule has 2 aliphatic carbocycles. The number of benzene rings is 1. The Morgan fingerprint density at radius 3 is 2.58 bits per heavy atom. The second kappa shape index (κ2) is 6.89. The van der Waals surface area contributed by atoms with Gasteiger partial charge in [0.25, 0.3) is 5.91 Å². The smallest absolute Gasteiger partial charge is 0.416 e. The number of carbonyl (C=O) groups is 1. The first kappa shape index (κ1) is 20.7. The minimum absolute atomic E-state index is 0.102. The molecule has 5 nitrogen and oxygen atoms in total. The largest absolute Gasteiger partial charge is 0.449 e. The van der Waals surface area contributed by atoms with Crippen LogP contribution in [0, 0.1) is 5.92 Å². The lowest BCUT2D eigenvalue weighted by Crippen LogP contribution is -2.43. The van der Waals surface area contributed by atoms with E-state index in [0.717, 1.165) is 57.1 Å². The zero-order valence-corrected chi connectivity index (χ0v) is 17.5. The van der Waals surface area contributed by atoms with Gasteiger partial charge < -0.3 is 19.7 Å².